The smallest absolute Gasteiger partial charge is 0.253 e. The summed E-state index contributed by atoms with van der Waals surface area (Å²) in [5.41, 5.74) is 0.794. The molecule has 0 radical (unpaired) electrons. The monoisotopic (exact) mass is 424 g/mol. The SMILES string of the molecule is CCOc1ccc(C(=O)N2CCC(NC(=O)C3(c4cccc(F)c4)CCC3)CC2)cc1. The molecule has 0 unspecified atom stereocenters. The maximum absolute atomic E-state index is 13.7. The zero-order valence-corrected chi connectivity index (χ0v) is 17.9. The minimum absolute atomic E-state index is 0.00282. The third-order valence-electron chi connectivity index (χ3n) is 6.55. The molecule has 1 heterocycles. The van der Waals surface area contributed by atoms with Crippen LogP contribution in [0.25, 0.3) is 0 Å². The van der Waals surface area contributed by atoms with Crippen LogP contribution in [0, 0.1) is 5.82 Å². The van der Waals surface area contributed by atoms with Gasteiger partial charge in [-0.1, -0.05) is 18.6 Å². The van der Waals surface area contributed by atoms with Gasteiger partial charge in [0, 0.05) is 24.7 Å². The number of amides is 2. The number of benzene rings is 2. The summed E-state index contributed by atoms with van der Waals surface area (Å²) >= 11 is 0. The summed E-state index contributed by atoms with van der Waals surface area (Å²) in [4.78, 5) is 27.8. The molecule has 1 saturated carbocycles. The Balaban J connectivity index is 1.33. The van der Waals surface area contributed by atoms with Crippen LogP contribution in [0.2, 0.25) is 0 Å². The molecule has 1 aliphatic carbocycles. The highest BCUT2D eigenvalue weighted by Gasteiger charge is 2.46. The molecule has 0 aromatic heterocycles. The predicted molar refractivity (Wildman–Crippen MR) is 117 cm³/mol. The molecule has 4 rings (SSSR count). The van der Waals surface area contributed by atoms with E-state index in [1.54, 1.807) is 18.2 Å². The van der Waals surface area contributed by atoms with Gasteiger partial charge >= 0.3 is 0 Å². The Kier molecular flexibility index (Phi) is 6.25. The number of nitrogens with zero attached hydrogens (tertiary/aromatic N) is 1. The lowest BCUT2D eigenvalue weighted by molar-refractivity contribution is -0.131. The van der Waals surface area contributed by atoms with Gasteiger partial charge in [-0.25, -0.2) is 4.39 Å². The normalized spacial score (nSPS) is 18.2. The number of halogens is 1. The van der Waals surface area contributed by atoms with Gasteiger partial charge in [-0.3, -0.25) is 9.59 Å². The lowest BCUT2D eigenvalue weighted by atomic mass is 9.63. The van der Waals surface area contributed by atoms with Crippen molar-refractivity contribution >= 4 is 11.8 Å². The van der Waals surface area contributed by atoms with E-state index in [0.29, 0.717) is 38.1 Å². The maximum Gasteiger partial charge on any atom is 0.253 e. The van der Waals surface area contributed by atoms with Crippen LogP contribution < -0.4 is 10.1 Å². The Morgan fingerprint density at radius 1 is 1.13 bits per heavy atom. The van der Waals surface area contributed by atoms with Gasteiger partial charge in [0.1, 0.15) is 11.6 Å². The van der Waals surface area contributed by atoms with Crippen molar-refractivity contribution in [1.82, 2.24) is 10.2 Å². The van der Waals surface area contributed by atoms with Gasteiger partial charge in [0.15, 0.2) is 0 Å². The number of carbonyl (C=O) groups is 2. The molecule has 31 heavy (non-hydrogen) atoms. The second-order valence-corrected chi connectivity index (χ2v) is 8.44. The van der Waals surface area contributed by atoms with Gasteiger partial charge < -0.3 is 15.0 Å². The molecule has 2 amide bonds. The summed E-state index contributed by atoms with van der Waals surface area (Å²) in [6, 6.07) is 13.6. The van der Waals surface area contributed by atoms with Gasteiger partial charge in [0.05, 0.1) is 12.0 Å². The fourth-order valence-electron chi connectivity index (χ4n) is 4.56. The number of carbonyl (C=O) groups excluding carboxylic acids is 2. The zero-order valence-electron chi connectivity index (χ0n) is 17.9. The number of likely N-dealkylation sites (tertiary alicyclic amines) is 1. The van der Waals surface area contributed by atoms with E-state index in [2.05, 4.69) is 5.32 Å². The van der Waals surface area contributed by atoms with Crippen molar-refractivity contribution in [1.29, 1.82) is 0 Å². The summed E-state index contributed by atoms with van der Waals surface area (Å²) in [5, 5.41) is 3.18. The molecule has 6 heteroatoms. The molecule has 2 aliphatic rings. The van der Waals surface area contributed by atoms with Crippen molar-refractivity contribution in [2.24, 2.45) is 0 Å². The average molecular weight is 425 g/mol. The zero-order chi connectivity index (χ0) is 21.8. The van der Waals surface area contributed by atoms with Gasteiger partial charge in [-0.15, -0.1) is 0 Å². The van der Waals surface area contributed by atoms with E-state index in [0.717, 1.165) is 30.6 Å². The topological polar surface area (TPSA) is 58.6 Å². The molecule has 2 aromatic carbocycles. The lowest BCUT2D eigenvalue weighted by Gasteiger charge is -2.42. The number of ether oxygens (including phenoxy) is 1. The summed E-state index contributed by atoms with van der Waals surface area (Å²) in [5.74, 6) is 0.435. The van der Waals surface area contributed by atoms with Crippen molar-refractivity contribution in [3.8, 4) is 5.75 Å². The van der Waals surface area contributed by atoms with Gasteiger partial charge in [0.2, 0.25) is 5.91 Å². The standard InChI is InChI=1S/C25H29FN2O3/c1-2-31-22-9-7-18(8-10-22)23(29)28-15-11-21(12-16-28)27-24(30)25(13-4-14-25)19-5-3-6-20(26)17-19/h3,5-10,17,21H,2,4,11-16H2,1H3,(H,27,30). The molecule has 0 atom stereocenters. The summed E-state index contributed by atoms with van der Waals surface area (Å²) in [6.45, 7) is 3.72. The molecule has 1 saturated heterocycles. The first-order chi connectivity index (χ1) is 15.0. The first-order valence-electron chi connectivity index (χ1n) is 11.1. The van der Waals surface area contributed by atoms with E-state index in [9.17, 15) is 14.0 Å². The van der Waals surface area contributed by atoms with Crippen LogP contribution >= 0.6 is 0 Å². The van der Waals surface area contributed by atoms with Crippen molar-refractivity contribution < 1.29 is 18.7 Å². The Morgan fingerprint density at radius 2 is 1.84 bits per heavy atom. The van der Waals surface area contributed by atoms with E-state index >= 15 is 0 Å². The van der Waals surface area contributed by atoms with Crippen LogP contribution in [0.4, 0.5) is 4.39 Å². The van der Waals surface area contributed by atoms with Crippen LogP contribution in [-0.4, -0.2) is 42.5 Å². The number of piperidine rings is 1. The number of hydrogen-bond acceptors (Lipinski definition) is 3. The van der Waals surface area contributed by atoms with Crippen molar-refractivity contribution in [2.45, 2.75) is 50.5 Å². The van der Waals surface area contributed by atoms with Gasteiger partial charge in [-0.2, -0.15) is 0 Å². The highest BCUT2D eigenvalue weighted by atomic mass is 19.1. The molecule has 1 aliphatic heterocycles. The third kappa shape index (κ3) is 4.43. The molecule has 2 fully saturated rings. The third-order valence-corrected chi connectivity index (χ3v) is 6.55. The number of hydrogen-bond donors (Lipinski definition) is 1. The van der Waals surface area contributed by atoms with E-state index in [4.69, 9.17) is 4.74 Å². The second kappa shape index (κ2) is 9.08. The van der Waals surface area contributed by atoms with E-state index in [1.165, 1.54) is 12.1 Å². The van der Waals surface area contributed by atoms with Crippen LogP contribution in [0.3, 0.4) is 0 Å². The molecule has 2 aromatic rings. The van der Waals surface area contributed by atoms with E-state index in [1.807, 2.05) is 30.0 Å². The number of nitrogens with one attached hydrogen (secondary N) is 1. The minimum Gasteiger partial charge on any atom is -0.494 e. The summed E-state index contributed by atoms with van der Waals surface area (Å²) in [6.07, 6.45) is 3.90. The molecular weight excluding hydrogens is 395 g/mol. The van der Waals surface area contributed by atoms with Crippen LogP contribution in [0.15, 0.2) is 48.5 Å². The molecule has 0 spiro atoms. The first kappa shape index (κ1) is 21.3. The quantitative estimate of drug-likeness (QED) is 0.761. The van der Waals surface area contributed by atoms with Crippen molar-refractivity contribution in [3.63, 3.8) is 0 Å². The molecule has 0 bridgehead atoms. The predicted octanol–water partition coefficient (Wildman–Crippen LogP) is 4.07. The fourth-order valence-corrected chi connectivity index (χ4v) is 4.56. The molecule has 5 nitrogen and oxygen atoms in total. The highest BCUT2D eigenvalue weighted by Crippen LogP contribution is 2.44. The Morgan fingerprint density at radius 3 is 2.42 bits per heavy atom. The Bertz CT molecular complexity index is 932. The van der Waals surface area contributed by atoms with Crippen LogP contribution in [-0.2, 0) is 10.2 Å². The largest absolute Gasteiger partial charge is 0.494 e. The lowest BCUT2D eigenvalue weighted by Crippen LogP contribution is -2.54. The number of rotatable bonds is 6. The van der Waals surface area contributed by atoms with E-state index < -0.39 is 5.41 Å². The first-order valence-corrected chi connectivity index (χ1v) is 11.1. The highest BCUT2D eigenvalue weighted by molar-refractivity contribution is 5.94. The Hall–Kier alpha value is -2.89. The fraction of sp³-hybridized carbons (Fsp3) is 0.440. The van der Waals surface area contributed by atoms with Crippen LogP contribution in [0.1, 0.15) is 54.9 Å². The minimum atomic E-state index is -0.614. The second-order valence-electron chi connectivity index (χ2n) is 8.44. The summed E-state index contributed by atoms with van der Waals surface area (Å²) in [7, 11) is 0. The van der Waals surface area contributed by atoms with Gasteiger partial charge in [0.25, 0.3) is 5.91 Å². The van der Waals surface area contributed by atoms with E-state index in [-0.39, 0.29) is 23.7 Å². The van der Waals surface area contributed by atoms with Crippen molar-refractivity contribution in [3.05, 3.63) is 65.5 Å². The van der Waals surface area contributed by atoms with Gasteiger partial charge in [-0.05, 0) is 74.6 Å². The Labute approximate surface area is 182 Å². The van der Waals surface area contributed by atoms with Crippen molar-refractivity contribution in [2.75, 3.05) is 19.7 Å². The summed E-state index contributed by atoms with van der Waals surface area (Å²) < 4.78 is 19.2. The molecule has 164 valence electrons. The maximum atomic E-state index is 13.7. The molecule has 1 N–H and O–H groups in total. The molecular formula is C25H29FN2O3. The average Bonchev–Trinajstić information content (AvgIpc) is 2.74. The van der Waals surface area contributed by atoms with Crippen LogP contribution in [0.5, 0.6) is 5.75 Å².